The minimum Gasteiger partial charge on any atom is -0.381 e. The topological polar surface area (TPSA) is 63.2 Å². The first-order valence-electron chi connectivity index (χ1n) is 4.38. The number of carbonyl (C=O) groups is 3. The van der Waals surface area contributed by atoms with E-state index in [1.165, 1.54) is 12.3 Å². The first-order valence-corrected chi connectivity index (χ1v) is 4.38. The van der Waals surface area contributed by atoms with Crippen LogP contribution < -0.4 is 5.32 Å². The fourth-order valence-electron chi connectivity index (χ4n) is 1.86. The van der Waals surface area contributed by atoms with Gasteiger partial charge in [0.25, 0.3) is 0 Å². The van der Waals surface area contributed by atoms with Gasteiger partial charge in [-0.15, -0.1) is 0 Å². The lowest BCUT2D eigenvalue weighted by Gasteiger charge is -2.31. The molecule has 0 saturated heterocycles. The van der Waals surface area contributed by atoms with Gasteiger partial charge in [0.1, 0.15) is 12.6 Å². The number of rotatable bonds is 2. The summed E-state index contributed by atoms with van der Waals surface area (Å²) >= 11 is 0. The summed E-state index contributed by atoms with van der Waals surface area (Å²) in [7, 11) is 0. The molecule has 0 aromatic rings. The molecule has 0 aromatic carbocycles. The zero-order chi connectivity index (χ0) is 10.1. The second kappa shape index (κ2) is 3.21. The SMILES string of the molecule is O=CC1=CNC2CC1C(C=O)=CC2=O. The van der Waals surface area contributed by atoms with Gasteiger partial charge in [0.2, 0.25) is 0 Å². The second-order valence-corrected chi connectivity index (χ2v) is 3.43. The molecule has 4 nitrogen and oxygen atoms in total. The molecular weight excluding hydrogens is 182 g/mol. The van der Waals surface area contributed by atoms with Gasteiger partial charge in [0.05, 0.1) is 6.04 Å². The van der Waals surface area contributed by atoms with Crippen LogP contribution in [0.3, 0.4) is 0 Å². The van der Waals surface area contributed by atoms with Gasteiger partial charge in [-0.2, -0.15) is 0 Å². The third-order valence-electron chi connectivity index (χ3n) is 2.65. The Hall–Kier alpha value is -1.71. The van der Waals surface area contributed by atoms with Gasteiger partial charge in [-0.25, -0.2) is 0 Å². The molecule has 2 atom stereocenters. The Morgan fingerprint density at radius 3 is 2.64 bits per heavy atom. The zero-order valence-electron chi connectivity index (χ0n) is 7.40. The molecule has 2 bridgehead atoms. The van der Waals surface area contributed by atoms with Crippen LogP contribution in [0, 0.1) is 5.92 Å². The standard InChI is InChI=1S/C10H9NO3/c12-4-6-1-10(14)9-2-8(6)7(5-13)3-11-9/h1,3-5,8-9,11H,2H2. The lowest BCUT2D eigenvalue weighted by Crippen LogP contribution is -2.42. The van der Waals surface area contributed by atoms with Crippen molar-refractivity contribution in [1.29, 1.82) is 0 Å². The fraction of sp³-hybridized carbons (Fsp3) is 0.300. The Morgan fingerprint density at radius 2 is 2.00 bits per heavy atom. The third-order valence-corrected chi connectivity index (χ3v) is 2.65. The summed E-state index contributed by atoms with van der Waals surface area (Å²) in [5.41, 5.74) is 0.943. The van der Waals surface area contributed by atoms with Crippen molar-refractivity contribution < 1.29 is 14.4 Å². The van der Waals surface area contributed by atoms with E-state index in [4.69, 9.17) is 0 Å². The normalized spacial score (nSPS) is 29.9. The molecular formula is C10H9NO3. The van der Waals surface area contributed by atoms with Crippen LogP contribution in [0.1, 0.15) is 6.42 Å². The number of aldehydes is 2. The molecule has 72 valence electrons. The molecule has 2 aliphatic rings. The van der Waals surface area contributed by atoms with E-state index < -0.39 is 0 Å². The zero-order valence-corrected chi connectivity index (χ0v) is 7.40. The molecule has 1 aliphatic heterocycles. The highest BCUT2D eigenvalue weighted by atomic mass is 16.1. The van der Waals surface area contributed by atoms with Crippen LogP contribution in [0.5, 0.6) is 0 Å². The average Bonchev–Trinajstić information content (AvgIpc) is 2.23. The summed E-state index contributed by atoms with van der Waals surface area (Å²) in [5.74, 6) is -0.293. The van der Waals surface area contributed by atoms with Crippen LogP contribution in [-0.4, -0.2) is 24.4 Å². The Balaban J connectivity index is 2.42. The van der Waals surface area contributed by atoms with E-state index in [1.54, 1.807) is 0 Å². The maximum absolute atomic E-state index is 11.4. The largest absolute Gasteiger partial charge is 0.381 e. The summed E-state index contributed by atoms with van der Waals surface area (Å²) in [5, 5.41) is 2.84. The van der Waals surface area contributed by atoms with E-state index in [-0.39, 0.29) is 17.7 Å². The Bertz CT molecular complexity index is 368. The molecule has 0 aromatic heterocycles. The highest BCUT2D eigenvalue weighted by molar-refractivity contribution is 6.02. The van der Waals surface area contributed by atoms with Crippen LogP contribution >= 0.6 is 0 Å². The van der Waals surface area contributed by atoms with Crippen LogP contribution in [0.15, 0.2) is 23.4 Å². The van der Waals surface area contributed by atoms with Crippen LogP contribution in [0.25, 0.3) is 0 Å². The summed E-state index contributed by atoms with van der Waals surface area (Å²) in [6.07, 6.45) is 4.74. The van der Waals surface area contributed by atoms with Crippen molar-refractivity contribution in [3.05, 3.63) is 23.4 Å². The van der Waals surface area contributed by atoms with E-state index in [2.05, 4.69) is 5.32 Å². The van der Waals surface area contributed by atoms with Gasteiger partial charge in [-0.1, -0.05) is 0 Å². The van der Waals surface area contributed by atoms with E-state index in [9.17, 15) is 14.4 Å². The molecule has 4 heteroatoms. The number of fused-ring (bicyclic) bond motifs is 2. The number of carbonyl (C=O) groups excluding carboxylic acids is 3. The van der Waals surface area contributed by atoms with E-state index in [0.717, 1.165) is 6.29 Å². The Kier molecular flexibility index (Phi) is 2.04. The Labute approximate surface area is 80.7 Å². The molecule has 1 N–H and O–H groups in total. The smallest absolute Gasteiger partial charge is 0.178 e. The summed E-state index contributed by atoms with van der Waals surface area (Å²) in [6, 6.07) is -0.271. The lowest BCUT2D eigenvalue weighted by molar-refractivity contribution is -0.118. The number of allylic oxidation sites excluding steroid dienone is 2. The van der Waals surface area contributed by atoms with Crippen molar-refractivity contribution in [2.45, 2.75) is 12.5 Å². The van der Waals surface area contributed by atoms with Crippen molar-refractivity contribution in [1.82, 2.24) is 5.32 Å². The van der Waals surface area contributed by atoms with Crippen LogP contribution in [0.4, 0.5) is 0 Å². The first-order chi connectivity index (χ1) is 6.76. The molecule has 2 unspecified atom stereocenters. The second-order valence-electron chi connectivity index (χ2n) is 3.43. The van der Waals surface area contributed by atoms with E-state index in [0.29, 0.717) is 23.9 Å². The van der Waals surface area contributed by atoms with Gasteiger partial charge in [0.15, 0.2) is 5.78 Å². The summed E-state index contributed by atoms with van der Waals surface area (Å²) < 4.78 is 0. The monoisotopic (exact) mass is 191 g/mol. The quantitative estimate of drug-likeness (QED) is 0.611. The van der Waals surface area contributed by atoms with E-state index in [1.807, 2.05) is 0 Å². The molecule has 0 fully saturated rings. The van der Waals surface area contributed by atoms with Gasteiger partial charge in [-0.05, 0) is 12.5 Å². The van der Waals surface area contributed by atoms with Gasteiger partial charge < -0.3 is 5.32 Å². The van der Waals surface area contributed by atoms with E-state index >= 15 is 0 Å². The van der Waals surface area contributed by atoms with Gasteiger partial charge in [-0.3, -0.25) is 14.4 Å². The average molecular weight is 191 g/mol. The van der Waals surface area contributed by atoms with Crippen molar-refractivity contribution in [2.24, 2.45) is 5.92 Å². The first kappa shape index (κ1) is 8.87. The predicted octanol–water partition coefficient (Wildman–Crippen LogP) is -0.245. The fourth-order valence-corrected chi connectivity index (χ4v) is 1.86. The third kappa shape index (κ3) is 1.19. The van der Waals surface area contributed by atoms with Crippen molar-refractivity contribution >= 4 is 18.4 Å². The van der Waals surface area contributed by atoms with Gasteiger partial charge >= 0.3 is 0 Å². The minimum absolute atomic E-state index is 0.0930. The maximum atomic E-state index is 11.4. The lowest BCUT2D eigenvalue weighted by atomic mass is 9.78. The molecule has 0 spiro atoms. The number of hydrogen-bond acceptors (Lipinski definition) is 4. The van der Waals surface area contributed by atoms with Crippen LogP contribution in [0.2, 0.25) is 0 Å². The number of hydrogen-bond donors (Lipinski definition) is 1. The summed E-state index contributed by atoms with van der Waals surface area (Å²) in [6.45, 7) is 0. The molecule has 0 saturated carbocycles. The highest BCUT2D eigenvalue weighted by Gasteiger charge is 2.34. The van der Waals surface area contributed by atoms with Gasteiger partial charge in [0, 0.05) is 23.3 Å². The molecule has 0 radical (unpaired) electrons. The predicted molar refractivity (Wildman–Crippen MR) is 48.3 cm³/mol. The maximum Gasteiger partial charge on any atom is 0.178 e. The Morgan fingerprint density at radius 1 is 1.29 bits per heavy atom. The summed E-state index contributed by atoms with van der Waals surface area (Å²) in [4.78, 5) is 32.7. The number of nitrogens with one attached hydrogen (secondary N) is 1. The highest BCUT2D eigenvalue weighted by Crippen LogP contribution is 2.30. The number of ketones is 1. The van der Waals surface area contributed by atoms with Crippen molar-refractivity contribution in [3.8, 4) is 0 Å². The molecule has 14 heavy (non-hydrogen) atoms. The van der Waals surface area contributed by atoms with Crippen molar-refractivity contribution in [3.63, 3.8) is 0 Å². The molecule has 1 aliphatic carbocycles. The minimum atomic E-state index is -0.271. The molecule has 0 amide bonds. The van der Waals surface area contributed by atoms with Crippen LogP contribution in [-0.2, 0) is 14.4 Å². The molecule has 2 rings (SSSR count). The molecule has 1 heterocycles. The van der Waals surface area contributed by atoms with Crippen molar-refractivity contribution in [2.75, 3.05) is 0 Å².